The molecule has 0 aliphatic rings. The molecule has 8 heavy (non-hydrogen) atoms. The van der Waals surface area contributed by atoms with Crippen LogP contribution in [-0.2, 0) is 9.53 Å². The zero-order chi connectivity index (χ0) is 6.62. The van der Waals surface area contributed by atoms with Crippen LogP contribution in [0.25, 0.3) is 0 Å². The summed E-state index contributed by atoms with van der Waals surface area (Å²) in [6, 6.07) is 0. The van der Waals surface area contributed by atoms with Crippen molar-refractivity contribution in [2.75, 3.05) is 6.61 Å². The smallest absolute Gasteiger partial charge is 0.145 e. The van der Waals surface area contributed by atoms with Crippen molar-refractivity contribution >= 4 is 6.29 Å². The molecule has 0 unspecified atom stereocenters. The SMILES string of the molecule is CC(C)(C)OCC=O. The van der Waals surface area contributed by atoms with Crippen LogP contribution in [0.1, 0.15) is 20.8 Å². The number of aldehydes is 1. The fraction of sp³-hybridized carbons (Fsp3) is 0.833. The third-order valence-electron chi connectivity index (χ3n) is 0.584. The Bertz CT molecular complexity index is 71.1. The molecule has 0 fully saturated rings. The second kappa shape index (κ2) is 2.82. The lowest BCUT2D eigenvalue weighted by Gasteiger charge is -2.16. The second-order valence-corrected chi connectivity index (χ2v) is 2.59. The first-order valence-corrected chi connectivity index (χ1v) is 2.64. The maximum Gasteiger partial charge on any atom is 0.145 e. The second-order valence-electron chi connectivity index (χ2n) is 2.59. The van der Waals surface area contributed by atoms with Crippen molar-refractivity contribution < 1.29 is 9.53 Å². The molecule has 0 heterocycles. The monoisotopic (exact) mass is 116 g/mol. The van der Waals surface area contributed by atoms with Crippen molar-refractivity contribution in [3.8, 4) is 0 Å². The molecule has 0 aliphatic heterocycles. The topological polar surface area (TPSA) is 26.3 Å². The lowest BCUT2D eigenvalue weighted by atomic mass is 10.2. The van der Waals surface area contributed by atoms with Gasteiger partial charge in [-0.05, 0) is 20.8 Å². The van der Waals surface area contributed by atoms with E-state index < -0.39 is 0 Å². The summed E-state index contributed by atoms with van der Waals surface area (Å²) in [6.45, 7) is 5.94. The van der Waals surface area contributed by atoms with E-state index >= 15 is 0 Å². The van der Waals surface area contributed by atoms with Crippen molar-refractivity contribution in [1.82, 2.24) is 0 Å². The van der Waals surface area contributed by atoms with Gasteiger partial charge in [0.1, 0.15) is 12.9 Å². The van der Waals surface area contributed by atoms with Crippen LogP contribution in [0.5, 0.6) is 0 Å². The molecule has 0 saturated heterocycles. The largest absolute Gasteiger partial charge is 0.368 e. The molecule has 0 bridgehead atoms. The third kappa shape index (κ3) is 5.63. The van der Waals surface area contributed by atoms with E-state index in [0.717, 1.165) is 6.29 Å². The summed E-state index contributed by atoms with van der Waals surface area (Å²) in [5.41, 5.74) is -0.180. The summed E-state index contributed by atoms with van der Waals surface area (Å²) in [4.78, 5) is 9.73. The lowest BCUT2D eigenvalue weighted by Crippen LogP contribution is -2.19. The Morgan fingerprint density at radius 2 is 2.00 bits per heavy atom. The van der Waals surface area contributed by atoms with Gasteiger partial charge in [0.15, 0.2) is 0 Å². The van der Waals surface area contributed by atoms with Gasteiger partial charge in [-0.3, -0.25) is 0 Å². The predicted molar refractivity (Wildman–Crippen MR) is 31.8 cm³/mol. The number of rotatable bonds is 2. The maximum atomic E-state index is 9.73. The van der Waals surface area contributed by atoms with Crippen LogP contribution in [0.2, 0.25) is 0 Å². The van der Waals surface area contributed by atoms with Gasteiger partial charge < -0.3 is 9.53 Å². The Morgan fingerprint density at radius 3 is 2.12 bits per heavy atom. The molecule has 2 heteroatoms. The Labute approximate surface area is 49.8 Å². The van der Waals surface area contributed by atoms with Crippen molar-refractivity contribution in [2.45, 2.75) is 26.4 Å². The molecule has 0 aromatic heterocycles. The van der Waals surface area contributed by atoms with E-state index in [4.69, 9.17) is 4.74 Å². The summed E-state index contributed by atoms with van der Waals surface area (Å²) in [5.74, 6) is 0. The van der Waals surface area contributed by atoms with Crippen LogP contribution in [0.15, 0.2) is 0 Å². The van der Waals surface area contributed by atoms with Crippen molar-refractivity contribution in [3.63, 3.8) is 0 Å². The number of hydrogen-bond donors (Lipinski definition) is 0. The minimum absolute atomic E-state index is 0.180. The van der Waals surface area contributed by atoms with E-state index in [1.807, 2.05) is 20.8 Å². The Morgan fingerprint density at radius 1 is 1.50 bits per heavy atom. The van der Waals surface area contributed by atoms with E-state index in [1.54, 1.807) is 0 Å². The normalized spacial score (nSPS) is 11.4. The average molecular weight is 116 g/mol. The molecule has 0 amide bonds. The quantitative estimate of drug-likeness (QED) is 0.503. The third-order valence-corrected chi connectivity index (χ3v) is 0.584. The van der Waals surface area contributed by atoms with E-state index in [1.165, 1.54) is 0 Å². The number of carbonyl (C=O) groups is 1. The Balaban J connectivity index is 3.24. The van der Waals surface area contributed by atoms with E-state index in [0.29, 0.717) is 0 Å². The van der Waals surface area contributed by atoms with Crippen LogP contribution >= 0.6 is 0 Å². The average Bonchev–Trinajstić information content (AvgIpc) is 1.59. The van der Waals surface area contributed by atoms with Gasteiger partial charge in [0.05, 0.1) is 5.60 Å². The standard InChI is InChI=1S/C6H12O2/c1-6(2,3)8-5-4-7/h4H,5H2,1-3H3. The fourth-order valence-electron chi connectivity index (χ4n) is 0.284. The molecule has 2 nitrogen and oxygen atoms in total. The van der Waals surface area contributed by atoms with Crippen LogP contribution in [0.3, 0.4) is 0 Å². The molecule has 0 rings (SSSR count). The molecule has 0 radical (unpaired) electrons. The predicted octanol–water partition coefficient (Wildman–Crippen LogP) is 1.00. The lowest BCUT2D eigenvalue weighted by molar-refractivity contribution is -0.116. The van der Waals surface area contributed by atoms with Gasteiger partial charge >= 0.3 is 0 Å². The number of ether oxygens (including phenoxy) is 1. The summed E-state index contributed by atoms with van der Waals surface area (Å²) >= 11 is 0. The number of hydrogen-bond acceptors (Lipinski definition) is 2. The Kier molecular flexibility index (Phi) is 2.69. The zero-order valence-corrected chi connectivity index (χ0v) is 5.60. The molecule has 0 aromatic carbocycles. The minimum atomic E-state index is -0.180. The summed E-state index contributed by atoms with van der Waals surface area (Å²) in [5, 5.41) is 0. The molecule has 0 spiro atoms. The first-order chi connectivity index (χ1) is 3.56. The zero-order valence-electron chi connectivity index (χ0n) is 5.60. The summed E-state index contributed by atoms with van der Waals surface area (Å²) < 4.78 is 5.01. The van der Waals surface area contributed by atoms with E-state index in [9.17, 15) is 4.79 Å². The van der Waals surface area contributed by atoms with E-state index in [2.05, 4.69) is 0 Å². The first kappa shape index (κ1) is 7.63. The van der Waals surface area contributed by atoms with Gasteiger partial charge in [-0.25, -0.2) is 0 Å². The minimum Gasteiger partial charge on any atom is -0.368 e. The summed E-state index contributed by atoms with van der Waals surface area (Å²) in [6.07, 6.45) is 0.755. The molecular formula is C6H12O2. The van der Waals surface area contributed by atoms with Crippen molar-refractivity contribution in [2.24, 2.45) is 0 Å². The maximum absolute atomic E-state index is 9.73. The molecule has 0 N–H and O–H groups in total. The number of carbonyl (C=O) groups excluding carboxylic acids is 1. The van der Waals surface area contributed by atoms with E-state index in [-0.39, 0.29) is 12.2 Å². The molecular weight excluding hydrogens is 104 g/mol. The fourth-order valence-corrected chi connectivity index (χ4v) is 0.284. The molecule has 0 aromatic rings. The van der Waals surface area contributed by atoms with Crippen LogP contribution in [0.4, 0.5) is 0 Å². The first-order valence-electron chi connectivity index (χ1n) is 2.64. The highest BCUT2D eigenvalue weighted by Crippen LogP contribution is 2.04. The van der Waals surface area contributed by atoms with Crippen LogP contribution in [0, 0.1) is 0 Å². The molecule has 0 aliphatic carbocycles. The van der Waals surface area contributed by atoms with Crippen molar-refractivity contribution in [1.29, 1.82) is 0 Å². The van der Waals surface area contributed by atoms with Crippen molar-refractivity contribution in [3.05, 3.63) is 0 Å². The van der Waals surface area contributed by atoms with Gasteiger partial charge in [-0.15, -0.1) is 0 Å². The molecule has 48 valence electrons. The van der Waals surface area contributed by atoms with Gasteiger partial charge in [0.2, 0.25) is 0 Å². The molecule has 0 atom stereocenters. The van der Waals surface area contributed by atoms with Crippen LogP contribution in [-0.4, -0.2) is 18.5 Å². The molecule has 0 saturated carbocycles. The Hall–Kier alpha value is -0.370. The highest BCUT2D eigenvalue weighted by molar-refractivity contribution is 5.50. The van der Waals surface area contributed by atoms with Gasteiger partial charge in [0, 0.05) is 0 Å². The van der Waals surface area contributed by atoms with Gasteiger partial charge in [0.25, 0.3) is 0 Å². The summed E-state index contributed by atoms with van der Waals surface area (Å²) in [7, 11) is 0. The van der Waals surface area contributed by atoms with Gasteiger partial charge in [-0.2, -0.15) is 0 Å². The highest BCUT2D eigenvalue weighted by Gasteiger charge is 2.07. The highest BCUT2D eigenvalue weighted by atomic mass is 16.5. The van der Waals surface area contributed by atoms with Gasteiger partial charge in [-0.1, -0.05) is 0 Å². The van der Waals surface area contributed by atoms with Crippen LogP contribution < -0.4 is 0 Å².